The minimum Gasteiger partial charge on any atom is -0.466 e. The molecular weight excluding hydrogens is 226 g/mol. The average Bonchev–Trinajstić information content (AvgIpc) is 2.58. The molecule has 104 valence electrons. The van der Waals surface area contributed by atoms with Gasteiger partial charge in [0.05, 0.1) is 0 Å². The van der Waals surface area contributed by atoms with Gasteiger partial charge >= 0.3 is 0 Å². The van der Waals surface area contributed by atoms with Crippen LogP contribution >= 0.6 is 0 Å². The predicted molar refractivity (Wildman–Crippen MR) is 74.7 cm³/mol. The highest BCUT2D eigenvalue weighted by Gasteiger charge is 2.28. The summed E-state index contributed by atoms with van der Waals surface area (Å²) in [5, 5.41) is 14.0. The van der Waals surface area contributed by atoms with Gasteiger partial charge in [-0.05, 0) is 39.2 Å². The molecule has 1 rings (SSSR count). The molecule has 0 aromatic carbocycles. The minimum atomic E-state index is -0.885. The predicted octanol–water partition coefficient (Wildman–Crippen LogP) is 3.13. The maximum atomic E-state index is 10.6. The first-order valence-electron chi connectivity index (χ1n) is 6.81. The van der Waals surface area contributed by atoms with E-state index in [2.05, 4.69) is 26.1 Å². The van der Waals surface area contributed by atoms with Crippen LogP contribution in [0.3, 0.4) is 0 Å². The molecule has 0 aliphatic rings. The number of furan rings is 1. The highest BCUT2D eigenvalue weighted by Crippen LogP contribution is 2.26. The summed E-state index contributed by atoms with van der Waals surface area (Å²) < 4.78 is 5.49. The number of hydrogen-bond acceptors (Lipinski definition) is 3. The molecule has 3 heteroatoms. The lowest BCUT2D eigenvalue weighted by molar-refractivity contribution is 0.0503. The summed E-state index contributed by atoms with van der Waals surface area (Å²) in [7, 11) is 0. The van der Waals surface area contributed by atoms with Crippen molar-refractivity contribution in [3.8, 4) is 0 Å². The smallest absolute Gasteiger partial charge is 0.107 e. The molecule has 3 nitrogen and oxygen atoms in total. The third-order valence-corrected chi connectivity index (χ3v) is 3.57. The Labute approximate surface area is 111 Å². The number of aliphatic hydroxyl groups is 1. The van der Waals surface area contributed by atoms with Crippen LogP contribution in [-0.2, 0) is 5.60 Å². The second kappa shape index (κ2) is 5.89. The Kier molecular flexibility index (Phi) is 5.00. The van der Waals surface area contributed by atoms with E-state index in [0.717, 1.165) is 23.5 Å². The summed E-state index contributed by atoms with van der Waals surface area (Å²) >= 11 is 0. The van der Waals surface area contributed by atoms with Gasteiger partial charge in [0.25, 0.3) is 0 Å². The van der Waals surface area contributed by atoms with Gasteiger partial charge in [-0.15, -0.1) is 0 Å². The summed E-state index contributed by atoms with van der Waals surface area (Å²) in [4.78, 5) is 0. The monoisotopic (exact) mass is 253 g/mol. The van der Waals surface area contributed by atoms with Crippen molar-refractivity contribution in [1.29, 1.82) is 0 Å². The molecule has 2 N–H and O–H groups in total. The zero-order valence-corrected chi connectivity index (χ0v) is 12.5. The SMILES string of the molecule is CCC(NCC(C)(O)c1cc(C)oc1C)C(C)C. The van der Waals surface area contributed by atoms with Crippen molar-refractivity contribution in [2.45, 2.75) is 59.6 Å². The molecule has 1 aromatic rings. The van der Waals surface area contributed by atoms with E-state index < -0.39 is 5.60 Å². The van der Waals surface area contributed by atoms with Crippen molar-refractivity contribution >= 4 is 0 Å². The van der Waals surface area contributed by atoms with E-state index in [1.807, 2.05) is 26.8 Å². The van der Waals surface area contributed by atoms with Gasteiger partial charge in [0, 0.05) is 18.2 Å². The van der Waals surface area contributed by atoms with E-state index in [9.17, 15) is 5.11 Å². The molecule has 1 aromatic heterocycles. The zero-order valence-electron chi connectivity index (χ0n) is 12.5. The average molecular weight is 253 g/mol. The summed E-state index contributed by atoms with van der Waals surface area (Å²) in [6.45, 7) is 12.7. The van der Waals surface area contributed by atoms with Crippen molar-refractivity contribution < 1.29 is 9.52 Å². The molecule has 0 fully saturated rings. The van der Waals surface area contributed by atoms with E-state index in [-0.39, 0.29) is 0 Å². The third kappa shape index (κ3) is 3.59. The molecule has 0 aliphatic carbocycles. The summed E-state index contributed by atoms with van der Waals surface area (Å²) in [6.07, 6.45) is 1.07. The van der Waals surface area contributed by atoms with Gasteiger partial charge in [0.1, 0.15) is 17.1 Å². The Morgan fingerprint density at radius 1 is 1.39 bits per heavy atom. The largest absolute Gasteiger partial charge is 0.466 e. The van der Waals surface area contributed by atoms with E-state index in [4.69, 9.17) is 4.42 Å². The lowest BCUT2D eigenvalue weighted by atomic mass is 9.94. The Hall–Kier alpha value is -0.800. The van der Waals surface area contributed by atoms with Gasteiger partial charge in [-0.25, -0.2) is 0 Å². The van der Waals surface area contributed by atoms with Crippen molar-refractivity contribution in [3.63, 3.8) is 0 Å². The fourth-order valence-corrected chi connectivity index (χ4v) is 2.44. The normalized spacial score (nSPS) is 16.9. The summed E-state index contributed by atoms with van der Waals surface area (Å²) in [6, 6.07) is 2.36. The molecule has 0 saturated heterocycles. The van der Waals surface area contributed by atoms with E-state index in [1.54, 1.807) is 0 Å². The standard InChI is InChI=1S/C15H27NO2/c1-7-14(10(2)3)16-9-15(6,17)13-8-11(4)18-12(13)5/h8,10,14,16-17H,7,9H2,1-6H3. The quantitative estimate of drug-likeness (QED) is 0.818. The molecule has 0 radical (unpaired) electrons. The minimum absolute atomic E-state index is 0.435. The maximum absolute atomic E-state index is 10.6. The van der Waals surface area contributed by atoms with Gasteiger partial charge in [0.2, 0.25) is 0 Å². The first kappa shape index (κ1) is 15.3. The lowest BCUT2D eigenvalue weighted by Crippen LogP contribution is -2.42. The van der Waals surface area contributed by atoms with E-state index >= 15 is 0 Å². The van der Waals surface area contributed by atoms with Gasteiger partial charge in [-0.1, -0.05) is 20.8 Å². The Balaban J connectivity index is 2.73. The second-order valence-corrected chi connectivity index (χ2v) is 5.74. The van der Waals surface area contributed by atoms with Crippen LogP contribution in [0.15, 0.2) is 10.5 Å². The van der Waals surface area contributed by atoms with Gasteiger partial charge < -0.3 is 14.8 Å². The van der Waals surface area contributed by atoms with E-state index in [1.165, 1.54) is 0 Å². The van der Waals surface area contributed by atoms with Crippen LogP contribution in [0.1, 0.15) is 51.2 Å². The second-order valence-electron chi connectivity index (χ2n) is 5.74. The zero-order chi connectivity index (χ0) is 13.9. The molecule has 0 bridgehead atoms. The summed E-state index contributed by atoms with van der Waals surface area (Å²) in [5.74, 6) is 2.22. The molecule has 0 aliphatic heterocycles. The molecular formula is C15H27NO2. The maximum Gasteiger partial charge on any atom is 0.107 e. The van der Waals surface area contributed by atoms with Gasteiger partial charge in [0.15, 0.2) is 0 Å². The highest BCUT2D eigenvalue weighted by atomic mass is 16.3. The fourth-order valence-electron chi connectivity index (χ4n) is 2.44. The molecule has 0 amide bonds. The number of rotatable bonds is 6. The van der Waals surface area contributed by atoms with Crippen LogP contribution < -0.4 is 5.32 Å². The first-order valence-corrected chi connectivity index (χ1v) is 6.81. The first-order chi connectivity index (χ1) is 8.27. The third-order valence-electron chi connectivity index (χ3n) is 3.57. The molecule has 2 unspecified atom stereocenters. The van der Waals surface area contributed by atoms with Crippen LogP contribution in [0.2, 0.25) is 0 Å². The number of aryl methyl sites for hydroxylation is 2. The van der Waals surface area contributed by atoms with Crippen LogP contribution in [-0.4, -0.2) is 17.7 Å². The molecule has 1 heterocycles. The highest BCUT2D eigenvalue weighted by molar-refractivity contribution is 5.26. The van der Waals surface area contributed by atoms with Crippen molar-refractivity contribution in [3.05, 3.63) is 23.2 Å². The van der Waals surface area contributed by atoms with Crippen molar-refractivity contribution in [2.24, 2.45) is 5.92 Å². The number of hydrogen-bond donors (Lipinski definition) is 2. The van der Waals surface area contributed by atoms with E-state index in [0.29, 0.717) is 18.5 Å². The molecule has 0 saturated carbocycles. The van der Waals surface area contributed by atoms with Crippen LogP contribution in [0.5, 0.6) is 0 Å². The molecule has 2 atom stereocenters. The Morgan fingerprint density at radius 3 is 2.39 bits per heavy atom. The fraction of sp³-hybridized carbons (Fsp3) is 0.733. The van der Waals surface area contributed by atoms with Crippen molar-refractivity contribution in [1.82, 2.24) is 5.32 Å². The van der Waals surface area contributed by atoms with Crippen molar-refractivity contribution in [2.75, 3.05) is 6.54 Å². The Morgan fingerprint density at radius 2 is 2.00 bits per heavy atom. The molecule has 18 heavy (non-hydrogen) atoms. The van der Waals surface area contributed by atoms with Crippen LogP contribution in [0.4, 0.5) is 0 Å². The summed E-state index contributed by atoms with van der Waals surface area (Å²) in [5.41, 5.74) is -0.00411. The van der Waals surface area contributed by atoms with Gasteiger partial charge in [-0.3, -0.25) is 0 Å². The number of nitrogens with one attached hydrogen (secondary N) is 1. The lowest BCUT2D eigenvalue weighted by Gasteiger charge is -2.28. The van der Waals surface area contributed by atoms with Crippen LogP contribution in [0.25, 0.3) is 0 Å². The van der Waals surface area contributed by atoms with Gasteiger partial charge in [-0.2, -0.15) is 0 Å². The molecule has 0 spiro atoms. The Bertz CT molecular complexity index is 380. The topological polar surface area (TPSA) is 45.4 Å². The van der Waals surface area contributed by atoms with Crippen LogP contribution in [0, 0.1) is 19.8 Å².